The van der Waals surface area contributed by atoms with Crippen molar-refractivity contribution in [3.63, 3.8) is 0 Å². The molecule has 7 aromatic rings. The van der Waals surface area contributed by atoms with Crippen molar-refractivity contribution in [2.24, 2.45) is 0 Å². The molecule has 0 saturated heterocycles. The highest BCUT2D eigenvalue weighted by atomic mass is 16.3. The highest BCUT2D eigenvalue weighted by Gasteiger charge is 2.43. The van der Waals surface area contributed by atoms with Crippen LogP contribution in [-0.2, 0) is 11.8 Å². The Labute approximate surface area is 345 Å². The van der Waals surface area contributed by atoms with Crippen LogP contribution in [0, 0.1) is 13.8 Å². The lowest BCUT2D eigenvalue weighted by Crippen LogP contribution is -2.49. The molecule has 0 spiro atoms. The maximum Gasteiger partial charge on any atom is 0.227 e. The Morgan fingerprint density at radius 3 is 2.26 bits per heavy atom. The van der Waals surface area contributed by atoms with Gasteiger partial charge in [0.05, 0.1) is 17.2 Å². The molecule has 0 radical (unpaired) electrons. The second-order valence-corrected chi connectivity index (χ2v) is 18.2. The van der Waals surface area contributed by atoms with E-state index in [0.29, 0.717) is 17.5 Å². The fourth-order valence-electron chi connectivity index (χ4n) is 10.4. The van der Waals surface area contributed by atoms with Gasteiger partial charge >= 0.3 is 0 Å². The molecule has 2 unspecified atom stereocenters. The number of fused-ring (bicyclic) bond motifs is 13. The predicted molar refractivity (Wildman–Crippen MR) is 240 cm³/mol. The molecule has 58 heavy (non-hydrogen) atoms. The summed E-state index contributed by atoms with van der Waals surface area (Å²) in [5.74, 6) is 1.02. The smallest absolute Gasteiger partial charge is 0.227 e. The largest absolute Gasteiger partial charge is 0.437 e. The average molecular weight is 766 g/mol. The second-order valence-electron chi connectivity index (χ2n) is 18.2. The summed E-state index contributed by atoms with van der Waals surface area (Å²) in [7, 11) is 0. The standard InChI is InChI=1S/C54H59N3O/c1-11-54(10,12-2)45-31-56-36(9)29-44-40-16-13-14-17-41(40)47-26-20-34(7)30-57(47)48(44)27-22-37-21-23-42-43-24-25-46(51-38(32(3)4)18-15-19-39(51)33(5)6)55-53(43)58-52(42)50(37)49(56)28-35(45)8/h13-21,23-26,28,30-33,44,48H,9,11-12,22,27,29H2,1-8,10H3/q+2. The Balaban J connectivity index is 1.30. The van der Waals surface area contributed by atoms with Crippen molar-refractivity contribution in [2.75, 3.05) is 0 Å². The van der Waals surface area contributed by atoms with Gasteiger partial charge in [-0.15, -0.1) is 0 Å². The van der Waals surface area contributed by atoms with Crippen LogP contribution < -0.4 is 9.13 Å². The Morgan fingerprint density at radius 2 is 1.53 bits per heavy atom. The van der Waals surface area contributed by atoms with Crippen molar-refractivity contribution in [3.8, 4) is 33.8 Å². The number of furan rings is 1. The third-order valence-electron chi connectivity index (χ3n) is 14.1. The zero-order valence-corrected chi connectivity index (χ0v) is 36.0. The van der Waals surface area contributed by atoms with E-state index in [2.05, 4.69) is 169 Å². The molecule has 2 atom stereocenters. The minimum Gasteiger partial charge on any atom is -0.437 e. The summed E-state index contributed by atoms with van der Waals surface area (Å²) in [6.45, 7) is 25.7. The SMILES string of the molecule is C=C1CC2c3ccccc3-c3ccc(C)c[n+]3C2CCc2ccc3c(oc4nc(-c5c(C(C)C)cccc5C(C)C)ccc43)c2-c2cc(C)c(C(C)(CC)CC)c[n+]21. The van der Waals surface area contributed by atoms with Crippen LogP contribution in [0.2, 0.25) is 0 Å². The minimum absolute atomic E-state index is 0.0453. The molecule has 0 bridgehead atoms. The van der Waals surface area contributed by atoms with Gasteiger partial charge < -0.3 is 4.42 Å². The molecule has 0 N–H and O–H groups in total. The van der Waals surface area contributed by atoms with E-state index in [1.165, 1.54) is 55.8 Å². The van der Waals surface area contributed by atoms with Crippen molar-refractivity contribution in [3.05, 3.63) is 143 Å². The van der Waals surface area contributed by atoms with Crippen LogP contribution in [0.25, 0.3) is 61.5 Å². The van der Waals surface area contributed by atoms with Gasteiger partial charge in [0.15, 0.2) is 29.7 Å². The topological polar surface area (TPSA) is 33.8 Å². The van der Waals surface area contributed by atoms with Gasteiger partial charge in [-0.1, -0.05) is 97.0 Å². The number of allylic oxidation sites excluding steroid dienone is 1. The Hall–Kier alpha value is -5.35. The van der Waals surface area contributed by atoms with Gasteiger partial charge in [0.1, 0.15) is 0 Å². The minimum atomic E-state index is 0.0453. The fourth-order valence-corrected chi connectivity index (χ4v) is 10.4. The van der Waals surface area contributed by atoms with Crippen molar-refractivity contribution < 1.29 is 13.6 Å². The van der Waals surface area contributed by atoms with Gasteiger partial charge in [-0.05, 0) is 109 Å². The average Bonchev–Trinajstić information content (AvgIpc) is 3.60. The number of nitrogens with zero attached hydrogens (tertiary/aromatic N) is 3. The first-order valence-electron chi connectivity index (χ1n) is 21.8. The fraction of sp³-hybridized carbons (Fsp3) is 0.352. The van der Waals surface area contributed by atoms with E-state index >= 15 is 0 Å². The lowest BCUT2D eigenvalue weighted by molar-refractivity contribution is -0.719. The number of hydrogen-bond acceptors (Lipinski definition) is 2. The molecule has 0 aliphatic carbocycles. The zero-order valence-electron chi connectivity index (χ0n) is 36.0. The second kappa shape index (κ2) is 14.5. The van der Waals surface area contributed by atoms with Gasteiger partial charge in [-0.2, -0.15) is 9.13 Å². The summed E-state index contributed by atoms with van der Waals surface area (Å²) in [5, 5.41) is 2.16. The van der Waals surface area contributed by atoms with E-state index in [1.807, 2.05) is 0 Å². The lowest BCUT2D eigenvalue weighted by atomic mass is 9.75. The van der Waals surface area contributed by atoms with E-state index in [0.717, 1.165) is 71.1 Å². The molecule has 2 aliphatic rings. The molecule has 2 aliphatic heterocycles. The van der Waals surface area contributed by atoms with Crippen LogP contribution in [0.3, 0.4) is 0 Å². The van der Waals surface area contributed by atoms with E-state index in [-0.39, 0.29) is 17.4 Å². The highest BCUT2D eigenvalue weighted by molar-refractivity contribution is 6.09. The van der Waals surface area contributed by atoms with Crippen LogP contribution in [-0.4, -0.2) is 4.98 Å². The van der Waals surface area contributed by atoms with Gasteiger partial charge in [-0.3, -0.25) is 0 Å². The molecular weight excluding hydrogens is 707 g/mol. The zero-order chi connectivity index (χ0) is 40.6. The third kappa shape index (κ3) is 6.05. The number of hydrogen-bond donors (Lipinski definition) is 0. The number of benzene rings is 3. The van der Waals surface area contributed by atoms with Crippen molar-refractivity contribution >= 4 is 27.8 Å². The first-order chi connectivity index (χ1) is 27.9. The maximum atomic E-state index is 7.12. The molecule has 4 aromatic heterocycles. The molecule has 4 heteroatoms. The molecule has 9 rings (SSSR count). The molecule has 4 nitrogen and oxygen atoms in total. The predicted octanol–water partition coefficient (Wildman–Crippen LogP) is 13.6. The summed E-state index contributed by atoms with van der Waals surface area (Å²) in [4.78, 5) is 5.36. The number of pyridine rings is 3. The first kappa shape index (κ1) is 38.2. The Bertz CT molecular complexity index is 2730. The summed E-state index contributed by atoms with van der Waals surface area (Å²) in [6.07, 6.45) is 9.71. The van der Waals surface area contributed by atoms with Crippen LogP contribution in [0.4, 0.5) is 0 Å². The summed E-state index contributed by atoms with van der Waals surface area (Å²) >= 11 is 0. The van der Waals surface area contributed by atoms with Gasteiger partial charge in [-0.25, -0.2) is 4.98 Å². The quantitative estimate of drug-likeness (QED) is 0.158. The van der Waals surface area contributed by atoms with Gasteiger partial charge in [0.2, 0.25) is 17.1 Å². The number of aromatic nitrogens is 3. The van der Waals surface area contributed by atoms with Gasteiger partial charge in [0, 0.05) is 58.0 Å². The van der Waals surface area contributed by atoms with Crippen molar-refractivity contribution in [1.29, 1.82) is 0 Å². The summed E-state index contributed by atoms with van der Waals surface area (Å²) in [5.41, 5.74) is 19.3. The summed E-state index contributed by atoms with van der Waals surface area (Å²) < 4.78 is 12.2. The molecule has 0 saturated carbocycles. The van der Waals surface area contributed by atoms with Gasteiger partial charge in [0.25, 0.3) is 0 Å². The van der Waals surface area contributed by atoms with E-state index in [9.17, 15) is 0 Å². The Kier molecular flexibility index (Phi) is 9.53. The number of rotatable bonds is 6. The lowest BCUT2D eigenvalue weighted by Gasteiger charge is -2.32. The normalized spacial score (nSPS) is 16.6. The summed E-state index contributed by atoms with van der Waals surface area (Å²) in [6, 6.07) is 32.2. The molecule has 0 fully saturated rings. The van der Waals surface area contributed by atoms with Crippen LogP contribution >= 0.6 is 0 Å². The van der Waals surface area contributed by atoms with Crippen molar-refractivity contribution in [1.82, 2.24) is 4.98 Å². The van der Waals surface area contributed by atoms with E-state index < -0.39 is 0 Å². The first-order valence-corrected chi connectivity index (χ1v) is 21.8. The number of aryl methyl sites for hydroxylation is 3. The van der Waals surface area contributed by atoms with E-state index in [4.69, 9.17) is 16.0 Å². The van der Waals surface area contributed by atoms with E-state index in [1.54, 1.807) is 0 Å². The third-order valence-corrected chi connectivity index (χ3v) is 14.1. The molecule has 0 amide bonds. The molecule has 294 valence electrons. The Morgan fingerprint density at radius 1 is 0.810 bits per heavy atom. The van der Waals surface area contributed by atoms with Crippen LogP contribution in [0.5, 0.6) is 0 Å². The molecule has 6 heterocycles. The van der Waals surface area contributed by atoms with Crippen LogP contribution in [0.15, 0.2) is 108 Å². The monoisotopic (exact) mass is 765 g/mol. The van der Waals surface area contributed by atoms with Crippen LogP contribution in [0.1, 0.15) is 137 Å². The molecule has 3 aromatic carbocycles. The molecular formula is C54H59N3O+2. The highest BCUT2D eigenvalue weighted by Crippen LogP contribution is 2.47. The maximum absolute atomic E-state index is 7.12. The van der Waals surface area contributed by atoms with Crippen molar-refractivity contribution in [2.45, 2.75) is 124 Å².